The second-order valence-corrected chi connectivity index (χ2v) is 5.42. The van der Waals surface area contributed by atoms with E-state index in [0.717, 1.165) is 51.0 Å². The van der Waals surface area contributed by atoms with Crippen LogP contribution in [0, 0.1) is 0 Å². The Morgan fingerprint density at radius 2 is 1.81 bits per heavy atom. The largest absolute Gasteiger partial charge is 0.354 e. The monoisotopic (exact) mass is 292 g/mol. The molecule has 2 heterocycles. The Kier molecular flexibility index (Phi) is 6.02. The van der Waals surface area contributed by atoms with Gasteiger partial charge in [0.15, 0.2) is 0 Å². The number of aromatic nitrogens is 3. The van der Waals surface area contributed by atoms with Crippen LogP contribution < -0.4 is 15.1 Å². The smallest absolute Gasteiger partial charge is 0.231 e. The number of nitrogens with zero attached hydrogens (tertiary/aromatic N) is 5. The SMILES string of the molecule is CCCN(CC)c1nc(NCC)nc(N2CCCCC2)n1. The van der Waals surface area contributed by atoms with E-state index in [9.17, 15) is 0 Å². The van der Waals surface area contributed by atoms with Crippen LogP contribution in [0.1, 0.15) is 46.5 Å². The zero-order valence-electron chi connectivity index (χ0n) is 13.6. The standard InChI is InChI=1S/C15H28N6/c1-4-10-20(6-3)14-17-13(16-5-2)18-15(19-14)21-11-8-7-9-12-21/h4-12H2,1-3H3,(H,16,17,18,19). The maximum Gasteiger partial charge on any atom is 0.231 e. The van der Waals surface area contributed by atoms with Crippen LogP contribution in [0.25, 0.3) is 0 Å². The fourth-order valence-electron chi connectivity index (χ4n) is 2.64. The molecule has 0 aromatic carbocycles. The molecule has 0 amide bonds. The molecular formula is C15H28N6. The highest BCUT2D eigenvalue weighted by atomic mass is 15.4. The van der Waals surface area contributed by atoms with Crippen LogP contribution in [-0.2, 0) is 0 Å². The average Bonchev–Trinajstić information content (AvgIpc) is 2.53. The van der Waals surface area contributed by atoms with Gasteiger partial charge in [-0.3, -0.25) is 0 Å². The first-order chi connectivity index (χ1) is 10.3. The van der Waals surface area contributed by atoms with Gasteiger partial charge in [0.05, 0.1) is 0 Å². The second-order valence-electron chi connectivity index (χ2n) is 5.42. The van der Waals surface area contributed by atoms with E-state index < -0.39 is 0 Å². The van der Waals surface area contributed by atoms with Crippen molar-refractivity contribution in [1.82, 2.24) is 15.0 Å². The third-order valence-corrected chi connectivity index (χ3v) is 3.74. The fourth-order valence-corrected chi connectivity index (χ4v) is 2.64. The van der Waals surface area contributed by atoms with Crippen LogP contribution in [0.5, 0.6) is 0 Å². The number of hydrogen-bond donors (Lipinski definition) is 1. The lowest BCUT2D eigenvalue weighted by molar-refractivity contribution is 0.567. The van der Waals surface area contributed by atoms with Crippen molar-refractivity contribution < 1.29 is 0 Å². The summed E-state index contributed by atoms with van der Waals surface area (Å²) in [5.41, 5.74) is 0. The van der Waals surface area contributed by atoms with Crippen molar-refractivity contribution in [2.45, 2.75) is 46.5 Å². The summed E-state index contributed by atoms with van der Waals surface area (Å²) >= 11 is 0. The van der Waals surface area contributed by atoms with E-state index >= 15 is 0 Å². The molecule has 0 unspecified atom stereocenters. The van der Waals surface area contributed by atoms with Gasteiger partial charge in [-0.25, -0.2) is 0 Å². The summed E-state index contributed by atoms with van der Waals surface area (Å²) in [6.07, 6.45) is 4.86. The number of hydrogen-bond acceptors (Lipinski definition) is 6. The molecule has 1 aliphatic rings. The summed E-state index contributed by atoms with van der Waals surface area (Å²) in [4.78, 5) is 18.4. The van der Waals surface area contributed by atoms with Crippen LogP contribution >= 0.6 is 0 Å². The molecule has 0 atom stereocenters. The van der Waals surface area contributed by atoms with E-state index in [4.69, 9.17) is 4.98 Å². The van der Waals surface area contributed by atoms with Crippen LogP contribution in [0.15, 0.2) is 0 Å². The Bertz CT molecular complexity index is 407. The van der Waals surface area contributed by atoms with E-state index in [1.165, 1.54) is 19.3 Å². The first-order valence-corrected chi connectivity index (χ1v) is 8.28. The number of nitrogens with one attached hydrogen (secondary N) is 1. The minimum absolute atomic E-state index is 0.692. The van der Waals surface area contributed by atoms with Gasteiger partial charge >= 0.3 is 0 Å². The van der Waals surface area contributed by atoms with Crippen LogP contribution in [0.2, 0.25) is 0 Å². The van der Waals surface area contributed by atoms with E-state index in [2.05, 4.69) is 45.9 Å². The summed E-state index contributed by atoms with van der Waals surface area (Å²) in [6, 6.07) is 0. The van der Waals surface area contributed by atoms with Gasteiger partial charge in [-0.15, -0.1) is 0 Å². The molecule has 1 saturated heterocycles. The van der Waals surface area contributed by atoms with Gasteiger partial charge in [0.2, 0.25) is 17.8 Å². The second kappa shape index (κ2) is 8.00. The third kappa shape index (κ3) is 4.19. The first kappa shape index (κ1) is 15.8. The highest BCUT2D eigenvalue weighted by Gasteiger charge is 2.18. The summed E-state index contributed by atoms with van der Waals surface area (Å²) in [7, 11) is 0. The van der Waals surface area contributed by atoms with Crippen molar-refractivity contribution in [3.8, 4) is 0 Å². The van der Waals surface area contributed by atoms with E-state index in [1.807, 2.05) is 0 Å². The van der Waals surface area contributed by atoms with E-state index in [0.29, 0.717) is 5.95 Å². The summed E-state index contributed by atoms with van der Waals surface area (Å²) in [5.74, 6) is 2.31. The lowest BCUT2D eigenvalue weighted by Crippen LogP contribution is -2.33. The van der Waals surface area contributed by atoms with Gasteiger partial charge in [-0.1, -0.05) is 6.92 Å². The zero-order valence-corrected chi connectivity index (χ0v) is 13.6. The summed E-state index contributed by atoms with van der Waals surface area (Å²) < 4.78 is 0. The quantitative estimate of drug-likeness (QED) is 0.833. The fraction of sp³-hybridized carbons (Fsp3) is 0.800. The zero-order chi connectivity index (χ0) is 15.1. The summed E-state index contributed by atoms with van der Waals surface area (Å²) in [5, 5.41) is 3.23. The van der Waals surface area contributed by atoms with Crippen molar-refractivity contribution in [2.24, 2.45) is 0 Å². The Labute approximate surface area is 128 Å². The van der Waals surface area contributed by atoms with Crippen molar-refractivity contribution >= 4 is 17.8 Å². The summed E-state index contributed by atoms with van der Waals surface area (Å²) in [6.45, 7) is 11.2. The molecule has 0 aliphatic carbocycles. The highest BCUT2D eigenvalue weighted by molar-refractivity contribution is 5.45. The Balaban J connectivity index is 2.28. The Hall–Kier alpha value is -1.59. The molecule has 2 rings (SSSR count). The molecule has 1 aromatic heterocycles. The van der Waals surface area contributed by atoms with E-state index in [1.54, 1.807) is 0 Å². The predicted molar refractivity (Wildman–Crippen MR) is 88.2 cm³/mol. The minimum atomic E-state index is 0.692. The molecule has 21 heavy (non-hydrogen) atoms. The molecule has 6 nitrogen and oxygen atoms in total. The maximum absolute atomic E-state index is 4.72. The topological polar surface area (TPSA) is 57.2 Å². The molecular weight excluding hydrogens is 264 g/mol. The molecule has 0 saturated carbocycles. The highest BCUT2D eigenvalue weighted by Crippen LogP contribution is 2.20. The van der Waals surface area contributed by atoms with Crippen molar-refractivity contribution in [3.05, 3.63) is 0 Å². The van der Waals surface area contributed by atoms with Gasteiger partial charge in [0.1, 0.15) is 0 Å². The third-order valence-electron chi connectivity index (χ3n) is 3.74. The van der Waals surface area contributed by atoms with Crippen molar-refractivity contribution in [1.29, 1.82) is 0 Å². The van der Waals surface area contributed by atoms with Crippen molar-refractivity contribution in [2.75, 3.05) is 47.8 Å². The maximum atomic E-state index is 4.72. The Morgan fingerprint density at radius 3 is 2.43 bits per heavy atom. The van der Waals surface area contributed by atoms with E-state index in [-0.39, 0.29) is 0 Å². The predicted octanol–water partition coefficient (Wildman–Crippen LogP) is 2.53. The lowest BCUT2D eigenvalue weighted by Gasteiger charge is -2.28. The van der Waals surface area contributed by atoms with Crippen LogP contribution in [0.3, 0.4) is 0 Å². The van der Waals surface area contributed by atoms with Gasteiger partial charge in [-0.05, 0) is 39.5 Å². The molecule has 118 valence electrons. The van der Waals surface area contributed by atoms with Crippen molar-refractivity contribution in [3.63, 3.8) is 0 Å². The molecule has 6 heteroatoms. The molecule has 1 aliphatic heterocycles. The first-order valence-electron chi connectivity index (χ1n) is 8.28. The lowest BCUT2D eigenvalue weighted by atomic mass is 10.1. The molecule has 1 aromatic rings. The molecule has 1 fully saturated rings. The molecule has 0 bridgehead atoms. The number of anilines is 3. The normalized spacial score (nSPS) is 15.1. The number of rotatable bonds is 7. The molecule has 0 radical (unpaired) electrons. The van der Waals surface area contributed by atoms with Crippen LogP contribution in [0.4, 0.5) is 17.8 Å². The minimum Gasteiger partial charge on any atom is -0.354 e. The van der Waals surface area contributed by atoms with Crippen LogP contribution in [-0.4, -0.2) is 47.7 Å². The van der Waals surface area contributed by atoms with Gasteiger partial charge in [-0.2, -0.15) is 15.0 Å². The number of piperidine rings is 1. The average molecular weight is 292 g/mol. The van der Waals surface area contributed by atoms with Gasteiger partial charge in [0, 0.05) is 32.7 Å². The molecule has 1 N–H and O–H groups in total. The molecule has 0 spiro atoms. The van der Waals surface area contributed by atoms with Gasteiger partial charge in [0.25, 0.3) is 0 Å². The Morgan fingerprint density at radius 1 is 1.05 bits per heavy atom. The van der Waals surface area contributed by atoms with Gasteiger partial charge < -0.3 is 15.1 Å².